The third-order valence-electron chi connectivity index (χ3n) is 1.96. The van der Waals surface area contributed by atoms with Gasteiger partial charge in [-0.3, -0.25) is 9.69 Å². The third-order valence-corrected chi connectivity index (χ3v) is 2.68. The third kappa shape index (κ3) is 3.56. The normalized spacial score (nSPS) is 11.1. The minimum atomic E-state index is -0.819. The Balaban J connectivity index is 2.93. The van der Waals surface area contributed by atoms with Crippen molar-refractivity contribution < 1.29 is 9.83 Å². The Morgan fingerprint density at radius 1 is 1.41 bits per heavy atom. The molecular weight excluding hydrogens is 242 g/mol. The summed E-state index contributed by atoms with van der Waals surface area (Å²) in [6, 6.07) is 8.53. The van der Waals surface area contributed by atoms with Gasteiger partial charge < -0.3 is 0 Å². The summed E-state index contributed by atoms with van der Waals surface area (Å²) in [4.78, 5) is 23.4. The molecule has 6 nitrogen and oxygen atoms in total. The lowest BCUT2D eigenvalue weighted by molar-refractivity contribution is -0.485. The van der Waals surface area contributed by atoms with Gasteiger partial charge in [-0.15, -0.1) is 0 Å². The molecule has 0 radical (unpaired) electrons. The lowest BCUT2D eigenvalue weighted by Crippen LogP contribution is -2.31. The van der Waals surface area contributed by atoms with Crippen LogP contribution in [-0.2, 0) is 0 Å². The molecule has 1 aromatic carbocycles. The van der Waals surface area contributed by atoms with Crippen LogP contribution >= 0.6 is 11.8 Å². The van der Waals surface area contributed by atoms with E-state index in [1.54, 1.807) is 36.6 Å². The van der Waals surface area contributed by atoms with Gasteiger partial charge in [-0.1, -0.05) is 30.0 Å². The Hall–Kier alpha value is -1.89. The Morgan fingerprint density at radius 2 is 2.00 bits per heavy atom. The summed E-state index contributed by atoms with van der Waals surface area (Å²) in [7, 11) is 1.45. The van der Waals surface area contributed by atoms with Gasteiger partial charge in [0.2, 0.25) is 5.17 Å². The zero-order chi connectivity index (χ0) is 12.8. The smallest absolute Gasteiger partial charge is 0.259 e. The average molecular weight is 253 g/mol. The van der Waals surface area contributed by atoms with Crippen LogP contribution in [0.15, 0.2) is 35.4 Å². The van der Waals surface area contributed by atoms with Crippen molar-refractivity contribution in [3.63, 3.8) is 0 Å². The molecular formula is C10H11N3O3S. The second kappa shape index (κ2) is 6.00. The summed E-state index contributed by atoms with van der Waals surface area (Å²) in [5, 5.41) is 12.7. The van der Waals surface area contributed by atoms with Crippen molar-refractivity contribution in [2.75, 3.05) is 13.3 Å². The highest BCUT2D eigenvalue weighted by Crippen LogP contribution is 2.09. The molecule has 17 heavy (non-hydrogen) atoms. The molecule has 7 heteroatoms. The van der Waals surface area contributed by atoms with Crippen LogP contribution in [0.2, 0.25) is 0 Å². The molecule has 0 bridgehead atoms. The molecule has 0 aromatic heterocycles. The number of hydrogen-bond acceptors (Lipinski definition) is 4. The summed E-state index contributed by atoms with van der Waals surface area (Å²) in [5.74, 6) is -0.333. The van der Waals surface area contributed by atoms with Gasteiger partial charge in [-0.25, -0.2) is 10.1 Å². The Bertz CT molecular complexity index is 447. The zero-order valence-corrected chi connectivity index (χ0v) is 10.2. The standard InChI is InChI=1S/C10H11N3O3S/c1-12(10(17-2)11-13(15)16)9(14)8-6-4-3-5-7-8/h3-7H,1-2H3/b11-10-. The van der Waals surface area contributed by atoms with Gasteiger partial charge in [0.05, 0.1) is 5.10 Å². The van der Waals surface area contributed by atoms with Crippen molar-refractivity contribution in [1.82, 2.24) is 4.90 Å². The topological polar surface area (TPSA) is 75.8 Å². The summed E-state index contributed by atoms with van der Waals surface area (Å²) in [6.45, 7) is 0. The molecule has 0 aliphatic rings. The molecule has 0 saturated carbocycles. The number of amides is 1. The quantitative estimate of drug-likeness (QED) is 0.348. The van der Waals surface area contributed by atoms with Crippen LogP contribution in [0.4, 0.5) is 0 Å². The molecule has 0 saturated heterocycles. The summed E-state index contributed by atoms with van der Waals surface area (Å²) >= 11 is 1.04. The predicted molar refractivity (Wildman–Crippen MR) is 66.5 cm³/mol. The molecule has 0 atom stereocenters. The summed E-state index contributed by atoms with van der Waals surface area (Å²) < 4.78 is 0. The second-order valence-corrected chi connectivity index (χ2v) is 3.83. The van der Waals surface area contributed by atoms with Crippen LogP contribution in [0, 0.1) is 10.1 Å². The minimum absolute atomic E-state index is 0.0452. The van der Waals surface area contributed by atoms with E-state index in [4.69, 9.17) is 0 Å². The fourth-order valence-electron chi connectivity index (χ4n) is 1.18. The summed E-state index contributed by atoms with van der Waals surface area (Å²) in [6.07, 6.45) is 1.62. The van der Waals surface area contributed by atoms with Crippen LogP contribution in [0.3, 0.4) is 0 Å². The van der Waals surface area contributed by atoms with Crippen molar-refractivity contribution in [3.8, 4) is 0 Å². The van der Waals surface area contributed by atoms with Crippen LogP contribution in [0.1, 0.15) is 10.4 Å². The molecule has 0 aliphatic carbocycles. The molecule has 0 aliphatic heterocycles. The minimum Gasteiger partial charge on any atom is -0.285 e. The Labute approximate surface area is 102 Å². The van der Waals surface area contributed by atoms with Gasteiger partial charge in [0.25, 0.3) is 5.91 Å². The molecule has 1 aromatic rings. The first-order valence-electron chi connectivity index (χ1n) is 4.66. The Kier molecular flexibility index (Phi) is 4.65. The Morgan fingerprint density at radius 3 is 2.47 bits per heavy atom. The zero-order valence-electron chi connectivity index (χ0n) is 9.36. The van der Waals surface area contributed by atoms with Crippen molar-refractivity contribution in [1.29, 1.82) is 0 Å². The molecule has 1 rings (SSSR count). The van der Waals surface area contributed by atoms with Crippen molar-refractivity contribution in [3.05, 3.63) is 46.0 Å². The number of thioether (sulfide) groups is 1. The summed E-state index contributed by atoms with van der Waals surface area (Å²) in [5.41, 5.74) is 0.458. The first kappa shape index (κ1) is 13.2. The van der Waals surface area contributed by atoms with Crippen LogP contribution in [0.5, 0.6) is 0 Å². The second-order valence-electron chi connectivity index (χ2n) is 3.05. The lowest BCUT2D eigenvalue weighted by Gasteiger charge is -2.15. The van der Waals surface area contributed by atoms with Gasteiger partial charge in [0, 0.05) is 12.6 Å². The molecule has 0 fully saturated rings. The van der Waals surface area contributed by atoms with E-state index in [9.17, 15) is 14.9 Å². The number of nitro groups is 1. The molecule has 1 amide bonds. The largest absolute Gasteiger partial charge is 0.285 e. The molecule has 0 unspecified atom stereocenters. The highest BCUT2D eigenvalue weighted by atomic mass is 32.2. The highest BCUT2D eigenvalue weighted by Gasteiger charge is 2.18. The maximum Gasteiger partial charge on any atom is 0.259 e. The van der Waals surface area contributed by atoms with E-state index >= 15 is 0 Å². The van der Waals surface area contributed by atoms with Crippen LogP contribution in [0.25, 0.3) is 0 Å². The number of nitrogens with zero attached hydrogens (tertiary/aromatic N) is 3. The van der Waals surface area contributed by atoms with Gasteiger partial charge in [-0.05, 0) is 18.4 Å². The van der Waals surface area contributed by atoms with E-state index in [1.807, 2.05) is 0 Å². The van der Waals surface area contributed by atoms with Gasteiger partial charge in [-0.2, -0.15) is 0 Å². The van der Waals surface area contributed by atoms with Crippen LogP contribution < -0.4 is 0 Å². The average Bonchev–Trinajstić information content (AvgIpc) is 2.35. The van der Waals surface area contributed by atoms with Gasteiger partial charge in [0.1, 0.15) is 0 Å². The monoisotopic (exact) mass is 253 g/mol. The fraction of sp³-hybridized carbons (Fsp3) is 0.200. The highest BCUT2D eigenvalue weighted by molar-refractivity contribution is 8.13. The number of carbonyl (C=O) groups is 1. The first-order valence-corrected chi connectivity index (χ1v) is 5.89. The van der Waals surface area contributed by atoms with E-state index in [1.165, 1.54) is 7.05 Å². The lowest BCUT2D eigenvalue weighted by atomic mass is 10.2. The predicted octanol–water partition coefficient (Wildman–Crippen LogP) is 1.67. The number of amidine groups is 1. The molecule has 0 N–H and O–H groups in total. The molecule has 0 heterocycles. The molecule has 0 spiro atoms. The SMILES string of the molecule is CS/C(=N\[N+](=O)[O-])N(C)C(=O)c1ccccc1. The van der Waals surface area contributed by atoms with Gasteiger partial charge >= 0.3 is 0 Å². The van der Waals surface area contributed by atoms with Gasteiger partial charge in [0.15, 0.2) is 5.03 Å². The number of carbonyl (C=O) groups excluding carboxylic acids is 1. The maximum atomic E-state index is 11.9. The number of benzene rings is 1. The van der Waals surface area contributed by atoms with Crippen molar-refractivity contribution >= 4 is 22.8 Å². The van der Waals surface area contributed by atoms with Crippen molar-refractivity contribution in [2.24, 2.45) is 5.10 Å². The van der Waals surface area contributed by atoms with Crippen LogP contribution in [-0.4, -0.2) is 34.3 Å². The number of rotatable bonds is 2. The molecule has 90 valence electrons. The number of hydrogen-bond donors (Lipinski definition) is 0. The maximum absolute atomic E-state index is 11.9. The fourth-order valence-corrected chi connectivity index (χ4v) is 1.68. The van der Waals surface area contributed by atoms with E-state index in [0.717, 1.165) is 16.7 Å². The van der Waals surface area contributed by atoms with E-state index in [2.05, 4.69) is 5.10 Å². The number of hydrazone groups is 1. The van der Waals surface area contributed by atoms with Crippen molar-refractivity contribution in [2.45, 2.75) is 0 Å². The first-order chi connectivity index (χ1) is 8.06. The van der Waals surface area contributed by atoms with E-state index in [-0.39, 0.29) is 11.1 Å². The van der Waals surface area contributed by atoms with E-state index < -0.39 is 5.03 Å². The van der Waals surface area contributed by atoms with E-state index in [0.29, 0.717) is 5.56 Å².